The summed E-state index contributed by atoms with van der Waals surface area (Å²) in [7, 11) is 1.83. The van der Waals surface area contributed by atoms with Crippen LogP contribution in [0.1, 0.15) is 28.9 Å². The summed E-state index contributed by atoms with van der Waals surface area (Å²) in [6.45, 7) is 0. The molecule has 0 aliphatic carbocycles. The molecule has 3 rings (SSSR count). The van der Waals surface area contributed by atoms with E-state index < -0.39 is 6.04 Å². The average Bonchev–Trinajstić information content (AvgIpc) is 3.10. The van der Waals surface area contributed by atoms with Gasteiger partial charge in [0.05, 0.1) is 6.20 Å². The van der Waals surface area contributed by atoms with Crippen molar-refractivity contribution in [2.24, 2.45) is 12.8 Å². The smallest absolute Gasteiger partial charge is 0.248 e. The Morgan fingerprint density at radius 2 is 2.19 bits per heavy atom. The molecule has 0 saturated carbocycles. The SMILES string of the molecule is Cn1cc(C(N)c2nc(Cc3ccccc3Cl)no2)cn1. The van der Waals surface area contributed by atoms with E-state index in [0.717, 1.165) is 11.1 Å². The van der Waals surface area contributed by atoms with Gasteiger partial charge in [0.25, 0.3) is 0 Å². The molecule has 0 fully saturated rings. The van der Waals surface area contributed by atoms with E-state index in [1.807, 2.05) is 37.5 Å². The number of hydrogen-bond donors (Lipinski definition) is 1. The Labute approximate surface area is 126 Å². The van der Waals surface area contributed by atoms with E-state index in [0.29, 0.717) is 23.2 Å². The van der Waals surface area contributed by atoms with Crippen molar-refractivity contribution in [3.63, 3.8) is 0 Å². The van der Waals surface area contributed by atoms with E-state index in [9.17, 15) is 0 Å². The lowest BCUT2D eigenvalue weighted by Gasteiger charge is -2.02. The van der Waals surface area contributed by atoms with Crippen LogP contribution in [0.4, 0.5) is 0 Å². The minimum Gasteiger partial charge on any atom is -0.337 e. The lowest BCUT2D eigenvalue weighted by Crippen LogP contribution is -2.11. The van der Waals surface area contributed by atoms with Gasteiger partial charge in [-0.05, 0) is 11.6 Å². The number of halogens is 1. The number of rotatable bonds is 4. The van der Waals surface area contributed by atoms with Crippen LogP contribution in [0.25, 0.3) is 0 Å². The largest absolute Gasteiger partial charge is 0.337 e. The molecule has 3 aromatic rings. The van der Waals surface area contributed by atoms with E-state index in [1.54, 1.807) is 10.9 Å². The fourth-order valence-electron chi connectivity index (χ4n) is 2.02. The third-order valence-electron chi connectivity index (χ3n) is 3.14. The zero-order valence-electron chi connectivity index (χ0n) is 11.4. The Bertz CT molecular complexity index is 751. The van der Waals surface area contributed by atoms with Crippen LogP contribution < -0.4 is 5.73 Å². The van der Waals surface area contributed by atoms with Crippen molar-refractivity contribution in [1.29, 1.82) is 0 Å². The zero-order chi connectivity index (χ0) is 14.8. The quantitative estimate of drug-likeness (QED) is 0.798. The second-order valence-corrected chi connectivity index (χ2v) is 5.15. The molecule has 0 amide bonds. The van der Waals surface area contributed by atoms with Crippen LogP contribution in [0.3, 0.4) is 0 Å². The van der Waals surface area contributed by atoms with Crippen molar-refractivity contribution in [2.75, 3.05) is 0 Å². The Balaban J connectivity index is 1.79. The van der Waals surface area contributed by atoms with Gasteiger partial charge in [0.2, 0.25) is 5.89 Å². The van der Waals surface area contributed by atoms with Gasteiger partial charge in [-0.2, -0.15) is 10.1 Å². The molecule has 108 valence electrons. The molecule has 2 heterocycles. The van der Waals surface area contributed by atoms with Gasteiger partial charge in [-0.15, -0.1) is 0 Å². The van der Waals surface area contributed by atoms with Crippen LogP contribution in [0.2, 0.25) is 5.02 Å². The molecule has 2 N–H and O–H groups in total. The molecule has 0 saturated heterocycles. The summed E-state index contributed by atoms with van der Waals surface area (Å²) in [5.74, 6) is 0.919. The molecule has 1 unspecified atom stereocenters. The average molecular weight is 304 g/mol. The van der Waals surface area contributed by atoms with Gasteiger partial charge >= 0.3 is 0 Å². The predicted octanol–water partition coefficient (Wildman–Crippen LogP) is 2.10. The molecule has 2 aromatic heterocycles. The molecule has 7 heteroatoms. The molecule has 6 nitrogen and oxygen atoms in total. The zero-order valence-corrected chi connectivity index (χ0v) is 12.2. The van der Waals surface area contributed by atoms with Gasteiger partial charge in [0.1, 0.15) is 6.04 Å². The molecule has 0 aliphatic rings. The van der Waals surface area contributed by atoms with Gasteiger partial charge in [0.15, 0.2) is 5.82 Å². The predicted molar refractivity (Wildman–Crippen MR) is 77.8 cm³/mol. The van der Waals surface area contributed by atoms with Crippen molar-refractivity contribution in [3.05, 3.63) is 64.5 Å². The van der Waals surface area contributed by atoms with Crippen LogP contribution in [-0.4, -0.2) is 19.9 Å². The fourth-order valence-corrected chi connectivity index (χ4v) is 2.22. The van der Waals surface area contributed by atoms with Crippen LogP contribution in [0.5, 0.6) is 0 Å². The third kappa shape index (κ3) is 2.96. The summed E-state index contributed by atoms with van der Waals surface area (Å²) in [6.07, 6.45) is 4.01. The summed E-state index contributed by atoms with van der Waals surface area (Å²) < 4.78 is 6.91. The number of aromatic nitrogens is 4. The highest BCUT2D eigenvalue weighted by Crippen LogP contribution is 2.20. The monoisotopic (exact) mass is 303 g/mol. The first-order valence-corrected chi connectivity index (χ1v) is 6.81. The Kier molecular flexibility index (Phi) is 3.72. The molecule has 0 radical (unpaired) electrons. The topological polar surface area (TPSA) is 82.8 Å². The molecule has 1 atom stereocenters. The van der Waals surface area contributed by atoms with Crippen molar-refractivity contribution in [2.45, 2.75) is 12.5 Å². The van der Waals surface area contributed by atoms with E-state index in [4.69, 9.17) is 21.9 Å². The van der Waals surface area contributed by atoms with Gasteiger partial charge < -0.3 is 10.3 Å². The maximum absolute atomic E-state index is 6.12. The summed E-state index contributed by atoms with van der Waals surface area (Å²) in [6, 6.07) is 7.08. The molecule has 0 aliphatic heterocycles. The molecule has 0 spiro atoms. The maximum atomic E-state index is 6.12. The Hall–Kier alpha value is -2.18. The minimum absolute atomic E-state index is 0.366. The number of benzene rings is 1. The van der Waals surface area contributed by atoms with E-state index in [2.05, 4.69) is 15.2 Å². The first-order valence-electron chi connectivity index (χ1n) is 6.43. The first kappa shape index (κ1) is 13.8. The highest BCUT2D eigenvalue weighted by molar-refractivity contribution is 6.31. The summed E-state index contributed by atoms with van der Waals surface area (Å²) in [4.78, 5) is 4.33. The summed E-state index contributed by atoms with van der Waals surface area (Å²) in [5, 5.41) is 8.71. The number of nitrogens with zero attached hydrogens (tertiary/aromatic N) is 4. The van der Waals surface area contributed by atoms with Crippen molar-refractivity contribution in [1.82, 2.24) is 19.9 Å². The number of nitrogens with two attached hydrogens (primary N) is 1. The van der Waals surface area contributed by atoms with Gasteiger partial charge in [-0.25, -0.2) is 0 Å². The van der Waals surface area contributed by atoms with Crippen LogP contribution >= 0.6 is 11.6 Å². The van der Waals surface area contributed by atoms with Crippen molar-refractivity contribution >= 4 is 11.6 Å². The van der Waals surface area contributed by atoms with Crippen molar-refractivity contribution in [3.8, 4) is 0 Å². The van der Waals surface area contributed by atoms with Gasteiger partial charge in [-0.3, -0.25) is 4.68 Å². The lowest BCUT2D eigenvalue weighted by molar-refractivity contribution is 0.363. The second-order valence-electron chi connectivity index (χ2n) is 4.74. The molecule has 1 aromatic carbocycles. The highest BCUT2D eigenvalue weighted by atomic mass is 35.5. The maximum Gasteiger partial charge on any atom is 0.248 e. The lowest BCUT2D eigenvalue weighted by atomic mass is 10.1. The Morgan fingerprint density at radius 3 is 2.90 bits per heavy atom. The van der Waals surface area contributed by atoms with Gasteiger partial charge in [0, 0.05) is 30.3 Å². The van der Waals surface area contributed by atoms with Crippen molar-refractivity contribution < 1.29 is 4.52 Å². The minimum atomic E-state index is -0.480. The highest BCUT2D eigenvalue weighted by Gasteiger charge is 2.18. The first-order chi connectivity index (χ1) is 10.1. The molecule has 21 heavy (non-hydrogen) atoms. The second kappa shape index (κ2) is 5.67. The Morgan fingerprint density at radius 1 is 1.38 bits per heavy atom. The van der Waals surface area contributed by atoms with Crippen LogP contribution in [0.15, 0.2) is 41.2 Å². The third-order valence-corrected chi connectivity index (χ3v) is 3.51. The fraction of sp³-hybridized carbons (Fsp3) is 0.214. The summed E-state index contributed by atoms with van der Waals surface area (Å²) in [5.41, 5.74) is 7.86. The van der Waals surface area contributed by atoms with E-state index >= 15 is 0 Å². The molecule has 0 bridgehead atoms. The number of hydrogen-bond acceptors (Lipinski definition) is 5. The van der Waals surface area contributed by atoms with Crippen LogP contribution in [0, 0.1) is 0 Å². The number of aryl methyl sites for hydroxylation is 1. The normalized spacial score (nSPS) is 12.5. The molecular weight excluding hydrogens is 290 g/mol. The summed E-state index contributed by atoms with van der Waals surface area (Å²) >= 11 is 6.12. The van der Waals surface area contributed by atoms with Gasteiger partial charge in [-0.1, -0.05) is 35.0 Å². The molecular formula is C14H14ClN5O. The standard InChI is InChI=1S/C14H14ClN5O/c1-20-8-10(7-17-20)13(16)14-18-12(19-21-14)6-9-4-2-3-5-11(9)15/h2-5,7-8,13H,6,16H2,1H3. The van der Waals surface area contributed by atoms with E-state index in [1.165, 1.54) is 0 Å². The van der Waals surface area contributed by atoms with Crippen LogP contribution in [-0.2, 0) is 13.5 Å². The van der Waals surface area contributed by atoms with E-state index in [-0.39, 0.29) is 0 Å².